The smallest absolute Gasteiger partial charge is 0.254 e. The number of hydrogen-bond donors (Lipinski definition) is 2. The van der Waals surface area contributed by atoms with E-state index in [4.69, 9.17) is 5.73 Å². The molecule has 0 spiro atoms. The fraction of sp³-hybridized carbons (Fsp3) is 0.462. The van der Waals surface area contributed by atoms with Gasteiger partial charge in [0, 0.05) is 11.2 Å². The number of benzene rings is 1. The van der Waals surface area contributed by atoms with Crippen LogP contribution in [0, 0.1) is 6.92 Å². The summed E-state index contributed by atoms with van der Waals surface area (Å²) in [4.78, 5) is 12.1. The molecule has 0 bridgehead atoms. The molecule has 3 heteroatoms. The predicted octanol–water partition coefficient (Wildman–Crippen LogP) is 2.50. The van der Waals surface area contributed by atoms with Gasteiger partial charge in [-0.05, 0) is 38.8 Å². The summed E-state index contributed by atoms with van der Waals surface area (Å²) in [6.07, 6.45) is 0.879. The number of rotatable bonds is 3. The number of nitrogens with two attached hydrogens (primary N) is 1. The second kappa shape index (κ2) is 4.56. The van der Waals surface area contributed by atoms with Gasteiger partial charge in [0.05, 0.1) is 5.56 Å². The highest BCUT2D eigenvalue weighted by molar-refractivity contribution is 6.00. The van der Waals surface area contributed by atoms with Crippen molar-refractivity contribution >= 4 is 11.6 Å². The molecule has 0 aliphatic heterocycles. The number of carbonyl (C=O) groups excluding carboxylic acids is 1. The van der Waals surface area contributed by atoms with Crippen molar-refractivity contribution in [3.63, 3.8) is 0 Å². The number of aryl methyl sites for hydroxylation is 1. The molecule has 1 rings (SSSR count). The van der Waals surface area contributed by atoms with Gasteiger partial charge in [-0.2, -0.15) is 0 Å². The third-order valence-corrected chi connectivity index (χ3v) is 2.87. The van der Waals surface area contributed by atoms with Crippen LogP contribution >= 0.6 is 0 Å². The first-order chi connectivity index (χ1) is 7.37. The Kier molecular flexibility index (Phi) is 3.58. The van der Waals surface area contributed by atoms with E-state index in [1.807, 2.05) is 39.8 Å². The van der Waals surface area contributed by atoms with Gasteiger partial charge in [-0.15, -0.1) is 0 Å². The molecule has 0 fully saturated rings. The lowest BCUT2D eigenvalue weighted by Gasteiger charge is -2.25. The Hall–Kier alpha value is -1.51. The van der Waals surface area contributed by atoms with E-state index in [1.54, 1.807) is 6.07 Å². The molecule has 0 aromatic heterocycles. The van der Waals surface area contributed by atoms with Crippen molar-refractivity contribution < 1.29 is 4.79 Å². The molecular weight excluding hydrogens is 200 g/mol. The van der Waals surface area contributed by atoms with Crippen LogP contribution in [0.5, 0.6) is 0 Å². The fourth-order valence-electron chi connectivity index (χ4n) is 1.46. The summed E-state index contributed by atoms with van der Waals surface area (Å²) in [5, 5.41) is 2.98. The summed E-state index contributed by atoms with van der Waals surface area (Å²) in [6.45, 7) is 7.93. The van der Waals surface area contributed by atoms with Gasteiger partial charge < -0.3 is 11.1 Å². The van der Waals surface area contributed by atoms with E-state index in [9.17, 15) is 4.79 Å². The average molecular weight is 220 g/mol. The molecule has 1 aromatic carbocycles. The van der Waals surface area contributed by atoms with Crippen LogP contribution in [0.4, 0.5) is 5.69 Å². The molecule has 1 amide bonds. The van der Waals surface area contributed by atoms with Crippen LogP contribution < -0.4 is 11.1 Å². The van der Waals surface area contributed by atoms with Gasteiger partial charge in [-0.25, -0.2) is 0 Å². The maximum absolute atomic E-state index is 12.1. The van der Waals surface area contributed by atoms with Crippen molar-refractivity contribution in [3.8, 4) is 0 Å². The van der Waals surface area contributed by atoms with Gasteiger partial charge in [0.15, 0.2) is 0 Å². The Morgan fingerprint density at radius 2 is 2.06 bits per heavy atom. The SMILES string of the molecule is CCC(C)(C)NC(=O)c1c(C)cccc1N. The Labute approximate surface area is 97.0 Å². The summed E-state index contributed by atoms with van der Waals surface area (Å²) >= 11 is 0. The third kappa shape index (κ3) is 2.75. The number of nitrogens with one attached hydrogen (secondary N) is 1. The van der Waals surface area contributed by atoms with Crippen molar-refractivity contribution in [2.24, 2.45) is 0 Å². The zero-order valence-electron chi connectivity index (χ0n) is 10.4. The zero-order valence-corrected chi connectivity index (χ0v) is 10.4. The molecule has 0 aliphatic rings. The summed E-state index contributed by atoms with van der Waals surface area (Å²) in [6, 6.07) is 5.50. The number of carbonyl (C=O) groups is 1. The van der Waals surface area contributed by atoms with E-state index in [-0.39, 0.29) is 11.4 Å². The molecule has 0 unspecified atom stereocenters. The van der Waals surface area contributed by atoms with Crippen LogP contribution in [0.3, 0.4) is 0 Å². The van der Waals surface area contributed by atoms with E-state index < -0.39 is 0 Å². The van der Waals surface area contributed by atoms with Crippen LogP contribution in [0.25, 0.3) is 0 Å². The predicted molar refractivity (Wildman–Crippen MR) is 67.4 cm³/mol. The molecule has 88 valence electrons. The van der Waals surface area contributed by atoms with Gasteiger partial charge in [0.1, 0.15) is 0 Å². The minimum atomic E-state index is -0.203. The minimum absolute atomic E-state index is 0.0950. The van der Waals surface area contributed by atoms with Crippen LogP contribution in [-0.2, 0) is 0 Å². The Morgan fingerprint density at radius 1 is 1.44 bits per heavy atom. The van der Waals surface area contributed by atoms with E-state index in [1.165, 1.54) is 0 Å². The average Bonchev–Trinajstić information content (AvgIpc) is 2.16. The van der Waals surface area contributed by atoms with Gasteiger partial charge in [-0.3, -0.25) is 4.79 Å². The van der Waals surface area contributed by atoms with Crippen molar-refractivity contribution in [1.29, 1.82) is 0 Å². The molecular formula is C13H20N2O. The fourth-order valence-corrected chi connectivity index (χ4v) is 1.46. The standard InChI is InChI=1S/C13H20N2O/c1-5-13(3,4)15-12(16)11-9(2)7-6-8-10(11)14/h6-8H,5,14H2,1-4H3,(H,15,16). The number of hydrogen-bond acceptors (Lipinski definition) is 2. The molecule has 0 aliphatic carbocycles. The summed E-state index contributed by atoms with van der Waals surface area (Å²) in [5.41, 5.74) is 7.64. The lowest BCUT2D eigenvalue weighted by molar-refractivity contribution is 0.0911. The first kappa shape index (κ1) is 12.6. The Morgan fingerprint density at radius 3 is 2.56 bits per heavy atom. The highest BCUT2D eigenvalue weighted by Gasteiger charge is 2.21. The lowest BCUT2D eigenvalue weighted by Crippen LogP contribution is -2.43. The van der Waals surface area contributed by atoms with Gasteiger partial charge in [-0.1, -0.05) is 19.1 Å². The summed E-state index contributed by atoms with van der Waals surface area (Å²) in [5.74, 6) is -0.0950. The molecule has 0 radical (unpaired) electrons. The number of amides is 1. The maximum atomic E-state index is 12.1. The number of nitrogen functional groups attached to an aromatic ring is 1. The molecule has 0 saturated heterocycles. The molecule has 1 aromatic rings. The molecule has 0 saturated carbocycles. The third-order valence-electron chi connectivity index (χ3n) is 2.87. The normalized spacial score (nSPS) is 11.2. The van der Waals surface area contributed by atoms with Crippen LogP contribution in [0.1, 0.15) is 43.1 Å². The van der Waals surface area contributed by atoms with Gasteiger partial charge >= 0.3 is 0 Å². The largest absolute Gasteiger partial charge is 0.398 e. The van der Waals surface area contributed by atoms with Gasteiger partial charge in [0.25, 0.3) is 5.91 Å². The topological polar surface area (TPSA) is 55.1 Å². The molecule has 16 heavy (non-hydrogen) atoms. The van der Waals surface area contributed by atoms with Crippen molar-refractivity contribution in [2.75, 3.05) is 5.73 Å². The van der Waals surface area contributed by atoms with E-state index in [0.717, 1.165) is 12.0 Å². The zero-order chi connectivity index (χ0) is 12.3. The van der Waals surface area contributed by atoms with Crippen LogP contribution in [-0.4, -0.2) is 11.4 Å². The molecule has 3 N–H and O–H groups in total. The Bertz CT molecular complexity index is 377. The Balaban J connectivity index is 2.98. The summed E-state index contributed by atoms with van der Waals surface area (Å²) < 4.78 is 0. The van der Waals surface area contributed by atoms with E-state index in [2.05, 4.69) is 5.32 Å². The van der Waals surface area contributed by atoms with Crippen molar-refractivity contribution in [3.05, 3.63) is 29.3 Å². The second-order valence-corrected chi connectivity index (χ2v) is 4.73. The highest BCUT2D eigenvalue weighted by Crippen LogP contribution is 2.18. The highest BCUT2D eigenvalue weighted by atomic mass is 16.1. The minimum Gasteiger partial charge on any atom is -0.398 e. The molecule has 0 heterocycles. The lowest BCUT2D eigenvalue weighted by atomic mass is 9.99. The van der Waals surface area contributed by atoms with Crippen molar-refractivity contribution in [1.82, 2.24) is 5.32 Å². The van der Waals surface area contributed by atoms with Crippen LogP contribution in [0.15, 0.2) is 18.2 Å². The molecule has 3 nitrogen and oxygen atoms in total. The second-order valence-electron chi connectivity index (χ2n) is 4.73. The van der Waals surface area contributed by atoms with E-state index >= 15 is 0 Å². The summed E-state index contributed by atoms with van der Waals surface area (Å²) in [7, 11) is 0. The maximum Gasteiger partial charge on any atom is 0.254 e. The van der Waals surface area contributed by atoms with Gasteiger partial charge in [0.2, 0.25) is 0 Å². The monoisotopic (exact) mass is 220 g/mol. The van der Waals surface area contributed by atoms with E-state index in [0.29, 0.717) is 11.3 Å². The first-order valence-electron chi connectivity index (χ1n) is 5.55. The quantitative estimate of drug-likeness (QED) is 0.769. The van der Waals surface area contributed by atoms with Crippen molar-refractivity contribution in [2.45, 2.75) is 39.7 Å². The first-order valence-corrected chi connectivity index (χ1v) is 5.55. The molecule has 0 atom stereocenters. The number of anilines is 1. The van der Waals surface area contributed by atoms with Crippen LogP contribution in [0.2, 0.25) is 0 Å².